The fraction of sp³-hybridized carbons (Fsp3) is 0.286. The van der Waals surface area contributed by atoms with Crippen LogP contribution in [0.25, 0.3) is 0 Å². The highest BCUT2D eigenvalue weighted by Crippen LogP contribution is 2.25. The molecule has 2 rings (SSSR count). The molecule has 0 aromatic heterocycles. The molecule has 0 saturated heterocycles. The number of aliphatic hydroxyl groups excluding tert-OH is 1. The summed E-state index contributed by atoms with van der Waals surface area (Å²) in [5.41, 5.74) is 1.08. The molecular formula is C21H22Cl2N2O6. The Bertz CT molecular complexity index is 903. The van der Waals surface area contributed by atoms with Gasteiger partial charge < -0.3 is 25.6 Å². The van der Waals surface area contributed by atoms with Crippen molar-refractivity contribution in [2.45, 2.75) is 38.1 Å². The summed E-state index contributed by atoms with van der Waals surface area (Å²) in [6.07, 6.45) is -2.45. The summed E-state index contributed by atoms with van der Waals surface area (Å²) < 4.78 is 5.05. The van der Waals surface area contributed by atoms with Crippen LogP contribution in [0.1, 0.15) is 18.1 Å². The second-order valence-corrected chi connectivity index (χ2v) is 7.54. The first-order valence-electron chi connectivity index (χ1n) is 9.30. The molecular weight excluding hydrogens is 447 g/mol. The molecule has 166 valence electrons. The second kappa shape index (κ2) is 11.5. The minimum absolute atomic E-state index is 0.0381. The number of aliphatic carboxylic acids is 1. The highest BCUT2D eigenvalue weighted by molar-refractivity contribution is 6.36. The lowest BCUT2D eigenvalue weighted by Gasteiger charge is -2.23. The number of carbonyl (C=O) groups is 3. The third kappa shape index (κ3) is 7.43. The van der Waals surface area contributed by atoms with Gasteiger partial charge in [-0.25, -0.2) is 9.59 Å². The summed E-state index contributed by atoms with van der Waals surface area (Å²) in [6, 6.07) is 10.7. The van der Waals surface area contributed by atoms with Gasteiger partial charge in [0.05, 0.1) is 6.10 Å². The summed E-state index contributed by atoms with van der Waals surface area (Å²) in [5.74, 6) is -2.23. The van der Waals surface area contributed by atoms with Gasteiger partial charge in [0.25, 0.3) is 0 Å². The van der Waals surface area contributed by atoms with Crippen LogP contribution < -0.4 is 10.6 Å². The molecule has 2 amide bonds. The number of amides is 2. The molecule has 0 aliphatic rings. The predicted molar refractivity (Wildman–Crippen MR) is 115 cm³/mol. The molecule has 0 aliphatic carbocycles. The van der Waals surface area contributed by atoms with Gasteiger partial charge in [0.2, 0.25) is 5.91 Å². The number of carbonyl (C=O) groups excluding carboxylic acids is 2. The molecule has 0 spiro atoms. The highest BCUT2D eigenvalue weighted by Gasteiger charge is 2.31. The van der Waals surface area contributed by atoms with E-state index >= 15 is 0 Å². The zero-order chi connectivity index (χ0) is 23.0. The standard InChI is InChI=1S/C21H22Cl2N2O6/c1-12(26)18(25-21(30)31-11-13-6-3-2-4-7-13)19(27)24-17(20(28)29)10-14-15(22)8-5-9-16(14)23/h2-9,12,17-18,26H,10-11H2,1H3,(H,24,27)(H,25,30)(H,28,29)/t12-,17-,18+/m1/s1. The first-order chi connectivity index (χ1) is 14.7. The molecule has 2 aromatic carbocycles. The molecule has 0 fully saturated rings. The van der Waals surface area contributed by atoms with Gasteiger partial charge in [-0.05, 0) is 30.2 Å². The molecule has 10 heteroatoms. The number of carboxylic acids is 1. The average molecular weight is 469 g/mol. The molecule has 0 radical (unpaired) electrons. The van der Waals surface area contributed by atoms with E-state index in [4.69, 9.17) is 27.9 Å². The lowest BCUT2D eigenvalue weighted by molar-refractivity contribution is -0.142. The number of rotatable bonds is 9. The van der Waals surface area contributed by atoms with Crippen LogP contribution >= 0.6 is 23.2 Å². The van der Waals surface area contributed by atoms with Crippen LogP contribution in [0.2, 0.25) is 10.0 Å². The summed E-state index contributed by atoms with van der Waals surface area (Å²) in [5, 5.41) is 24.5. The Labute approximate surface area is 189 Å². The Morgan fingerprint density at radius 1 is 1.00 bits per heavy atom. The Morgan fingerprint density at radius 3 is 2.16 bits per heavy atom. The van der Waals surface area contributed by atoms with Crippen LogP contribution in [0.4, 0.5) is 4.79 Å². The Balaban J connectivity index is 2.03. The van der Waals surface area contributed by atoms with Crippen molar-refractivity contribution in [3.8, 4) is 0 Å². The van der Waals surface area contributed by atoms with Crippen molar-refractivity contribution < 1.29 is 29.3 Å². The third-order valence-electron chi connectivity index (χ3n) is 4.34. The summed E-state index contributed by atoms with van der Waals surface area (Å²) >= 11 is 12.2. The number of aliphatic hydroxyl groups is 1. The minimum Gasteiger partial charge on any atom is -0.480 e. The number of ether oxygens (including phenoxy) is 1. The summed E-state index contributed by atoms with van der Waals surface area (Å²) in [4.78, 5) is 36.3. The van der Waals surface area contributed by atoms with E-state index in [0.717, 1.165) is 5.56 Å². The Kier molecular flexibility index (Phi) is 9.11. The first kappa shape index (κ1) is 24.5. The zero-order valence-corrected chi connectivity index (χ0v) is 18.1. The normalized spacial score (nSPS) is 13.5. The van der Waals surface area contributed by atoms with Gasteiger partial charge in [-0.15, -0.1) is 0 Å². The number of benzene rings is 2. The van der Waals surface area contributed by atoms with Crippen molar-refractivity contribution in [1.82, 2.24) is 10.6 Å². The smallest absolute Gasteiger partial charge is 0.408 e. The lowest BCUT2D eigenvalue weighted by Crippen LogP contribution is -2.56. The molecule has 0 unspecified atom stereocenters. The van der Waals surface area contributed by atoms with E-state index < -0.39 is 36.2 Å². The van der Waals surface area contributed by atoms with E-state index in [0.29, 0.717) is 5.56 Å². The van der Waals surface area contributed by atoms with Gasteiger partial charge in [-0.2, -0.15) is 0 Å². The van der Waals surface area contributed by atoms with Crippen LogP contribution in [0.15, 0.2) is 48.5 Å². The Hall–Kier alpha value is -2.81. The quantitative estimate of drug-likeness (QED) is 0.448. The topological polar surface area (TPSA) is 125 Å². The van der Waals surface area contributed by atoms with Gasteiger partial charge in [-0.1, -0.05) is 59.6 Å². The monoisotopic (exact) mass is 468 g/mol. The third-order valence-corrected chi connectivity index (χ3v) is 5.04. The minimum atomic E-state index is -1.44. The van der Waals surface area contributed by atoms with Crippen molar-refractivity contribution in [3.63, 3.8) is 0 Å². The van der Waals surface area contributed by atoms with Gasteiger partial charge >= 0.3 is 12.1 Å². The van der Waals surface area contributed by atoms with Crippen LogP contribution in [0.3, 0.4) is 0 Å². The van der Waals surface area contributed by atoms with Crippen molar-refractivity contribution in [3.05, 3.63) is 69.7 Å². The summed E-state index contributed by atoms with van der Waals surface area (Å²) in [6.45, 7) is 1.24. The van der Waals surface area contributed by atoms with E-state index in [1.165, 1.54) is 6.92 Å². The maximum Gasteiger partial charge on any atom is 0.408 e. The van der Waals surface area contributed by atoms with Gasteiger partial charge in [0, 0.05) is 16.5 Å². The van der Waals surface area contributed by atoms with E-state index in [-0.39, 0.29) is 23.1 Å². The Morgan fingerprint density at radius 2 is 1.61 bits per heavy atom. The molecule has 0 bridgehead atoms. The van der Waals surface area contributed by atoms with Crippen LogP contribution in [0, 0.1) is 0 Å². The van der Waals surface area contributed by atoms with E-state index in [1.807, 2.05) is 6.07 Å². The molecule has 0 heterocycles. The number of hydrogen-bond acceptors (Lipinski definition) is 5. The highest BCUT2D eigenvalue weighted by atomic mass is 35.5. The SMILES string of the molecule is C[C@@H](O)[C@H](NC(=O)OCc1ccccc1)C(=O)N[C@H](Cc1c(Cl)cccc1Cl)C(=O)O. The van der Waals surface area contributed by atoms with Gasteiger partial charge in [-0.3, -0.25) is 4.79 Å². The molecule has 0 saturated carbocycles. The van der Waals surface area contributed by atoms with Crippen LogP contribution in [-0.4, -0.2) is 46.4 Å². The largest absolute Gasteiger partial charge is 0.480 e. The fourth-order valence-electron chi connectivity index (χ4n) is 2.69. The molecule has 3 atom stereocenters. The molecule has 31 heavy (non-hydrogen) atoms. The number of alkyl carbamates (subject to hydrolysis) is 1. The number of nitrogens with one attached hydrogen (secondary N) is 2. The van der Waals surface area contributed by atoms with E-state index in [2.05, 4.69) is 10.6 Å². The maximum absolute atomic E-state index is 12.6. The number of carboxylic acid groups (broad SMARTS) is 1. The predicted octanol–water partition coefficient (Wildman–Crippen LogP) is 2.78. The first-order valence-corrected chi connectivity index (χ1v) is 10.1. The van der Waals surface area contributed by atoms with Crippen molar-refractivity contribution >= 4 is 41.2 Å². The van der Waals surface area contributed by atoms with Crippen LogP contribution in [0.5, 0.6) is 0 Å². The molecule has 0 aliphatic heterocycles. The second-order valence-electron chi connectivity index (χ2n) is 6.73. The van der Waals surface area contributed by atoms with Gasteiger partial charge in [0.1, 0.15) is 18.7 Å². The molecule has 2 aromatic rings. The van der Waals surface area contributed by atoms with Crippen LogP contribution in [-0.2, 0) is 27.4 Å². The van der Waals surface area contributed by atoms with Crippen molar-refractivity contribution in [2.75, 3.05) is 0 Å². The van der Waals surface area contributed by atoms with E-state index in [1.54, 1.807) is 42.5 Å². The van der Waals surface area contributed by atoms with Crippen molar-refractivity contribution in [2.24, 2.45) is 0 Å². The number of halogens is 2. The molecule has 8 nitrogen and oxygen atoms in total. The van der Waals surface area contributed by atoms with Crippen molar-refractivity contribution in [1.29, 1.82) is 0 Å². The average Bonchev–Trinajstić information content (AvgIpc) is 2.72. The zero-order valence-electron chi connectivity index (χ0n) is 16.5. The fourth-order valence-corrected chi connectivity index (χ4v) is 3.24. The number of hydrogen-bond donors (Lipinski definition) is 4. The maximum atomic E-state index is 12.6. The lowest BCUT2D eigenvalue weighted by atomic mass is 10.0. The molecule has 4 N–H and O–H groups in total. The van der Waals surface area contributed by atoms with E-state index in [9.17, 15) is 24.6 Å². The summed E-state index contributed by atoms with van der Waals surface area (Å²) in [7, 11) is 0. The van der Waals surface area contributed by atoms with Gasteiger partial charge in [0.15, 0.2) is 0 Å².